The summed E-state index contributed by atoms with van der Waals surface area (Å²) in [6.45, 7) is -0.824. The lowest BCUT2D eigenvalue weighted by molar-refractivity contribution is -0.148. The summed E-state index contributed by atoms with van der Waals surface area (Å²) in [6.07, 6.45) is -8.69. The van der Waals surface area contributed by atoms with Crippen LogP contribution in [0.15, 0.2) is 30.3 Å². The Kier molecular flexibility index (Phi) is 7.60. The molecule has 7 heteroatoms. The van der Waals surface area contributed by atoms with E-state index in [0.29, 0.717) is 0 Å². The zero-order chi connectivity index (χ0) is 16.7. The van der Waals surface area contributed by atoms with Gasteiger partial charge < -0.3 is 30.6 Å². The van der Waals surface area contributed by atoms with Gasteiger partial charge in [0.15, 0.2) is 5.78 Å². The van der Waals surface area contributed by atoms with Gasteiger partial charge in [-0.1, -0.05) is 30.3 Å². The Morgan fingerprint density at radius 3 is 2.09 bits per heavy atom. The third-order valence-corrected chi connectivity index (χ3v) is 3.34. The lowest BCUT2D eigenvalue weighted by Crippen LogP contribution is -2.49. The molecular formula is C15H22O7. The van der Waals surface area contributed by atoms with Crippen LogP contribution in [0.5, 0.6) is 0 Å². The number of ketones is 1. The van der Waals surface area contributed by atoms with Crippen molar-refractivity contribution >= 4 is 5.78 Å². The Morgan fingerprint density at radius 2 is 1.55 bits per heavy atom. The van der Waals surface area contributed by atoms with Crippen molar-refractivity contribution in [2.24, 2.45) is 0 Å². The van der Waals surface area contributed by atoms with Gasteiger partial charge in [0.2, 0.25) is 0 Å². The van der Waals surface area contributed by atoms with E-state index in [1.54, 1.807) is 24.3 Å². The quantitative estimate of drug-likeness (QED) is 0.309. The summed E-state index contributed by atoms with van der Waals surface area (Å²) in [5, 5.41) is 56.3. The van der Waals surface area contributed by atoms with Gasteiger partial charge in [0.1, 0.15) is 24.4 Å². The Bertz CT molecular complexity index is 450. The summed E-state index contributed by atoms with van der Waals surface area (Å²) in [7, 11) is 0. The van der Waals surface area contributed by atoms with Gasteiger partial charge in [-0.2, -0.15) is 0 Å². The minimum Gasteiger partial charge on any atom is -0.394 e. The van der Waals surface area contributed by atoms with Crippen molar-refractivity contribution in [2.45, 2.75) is 43.4 Å². The summed E-state index contributed by atoms with van der Waals surface area (Å²) in [5.41, 5.74) is 0.813. The predicted molar refractivity (Wildman–Crippen MR) is 76.9 cm³/mol. The average molecular weight is 314 g/mol. The van der Waals surface area contributed by atoms with Crippen LogP contribution >= 0.6 is 0 Å². The highest BCUT2D eigenvalue weighted by atomic mass is 16.4. The second kappa shape index (κ2) is 8.94. The van der Waals surface area contributed by atoms with Crippen LogP contribution in [-0.4, -0.2) is 73.5 Å². The summed E-state index contributed by atoms with van der Waals surface area (Å²) >= 11 is 0. The van der Waals surface area contributed by atoms with Gasteiger partial charge in [-0.25, -0.2) is 0 Å². The fourth-order valence-electron chi connectivity index (χ4n) is 2.02. The summed E-state index contributed by atoms with van der Waals surface area (Å²) in [6, 6.07) is 8.94. The summed E-state index contributed by atoms with van der Waals surface area (Å²) < 4.78 is 0. The fourth-order valence-corrected chi connectivity index (χ4v) is 2.02. The molecule has 0 bridgehead atoms. The van der Waals surface area contributed by atoms with E-state index in [2.05, 4.69) is 0 Å². The van der Waals surface area contributed by atoms with Crippen molar-refractivity contribution in [1.82, 2.24) is 0 Å². The van der Waals surface area contributed by atoms with E-state index < -0.39 is 49.3 Å². The standard InChI is InChI=1S/C15H22O7/c16-8-12(19)14(21)15(22)13(20)11(18)7-10(17)6-9-4-2-1-3-5-9/h1-5,10,12-17,19-22H,6-8H2. The number of carbonyl (C=O) groups excluding carboxylic acids is 1. The van der Waals surface area contributed by atoms with Gasteiger partial charge in [-0.05, 0) is 12.0 Å². The number of carbonyl (C=O) groups is 1. The van der Waals surface area contributed by atoms with Gasteiger partial charge in [-0.3, -0.25) is 4.79 Å². The molecule has 0 aliphatic heterocycles. The number of hydrogen-bond acceptors (Lipinski definition) is 7. The Morgan fingerprint density at radius 1 is 0.955 bits per heavy atom. The molecule has 22 heavy (non-hydrogen) atoms. The first-order valence-electron chi connectivity index (χ1n) is 6.94. The van der Waals surface area contributed by atoms with Crippen LogP contribution in [0.3, 0.4) is 0 Å². The van der Waals surface area contributed by atoms with E-state index in [4.69, 9.17) is 5.11 Å². The minimum atomic E-state index is -1.96. The third kappa shape index (κ3) is 5.45. The average Bonchev–Trinajstić information content (AvgIpc) is 2.52. The number of rotatable bonds is 9. The van der Waals surface area contributed by atoms with E-state index in [-0.39, 0.29) is 6.42 Å². The first kappa shape index (κ1) is 18.7. The highest BCUT2D eigenvalue weighted by molar-refractivity contribution is 5.84. The molecule has 5 atom stereocenters. The van der Waals surface area contributed by atoms with E-state index in [9.17, 15) is 30.3 Å². The zero-order valence-corrected chi connectivity index (χ0v) is 12.0. The van der Waals surface area contributed by atoms with E-state index >= 15 is 0 Å². The molecule has 6 N–H and O–H groups in total. The van der Waals surface area contributed by atoms with Crippen molar-refractivity contribution < 1.29 is 35.4 Å². The maximum atomic E-state index is 11.8. The van der Waals surface area contributed by atoms with Gasteiger partial charge in [0.25, 0.3) is 0 Å². The Balaban J connectivity index is 2.52. The second-order valence-corrected chi connectivity index (χ2v) is 5.19. The van der Waals surface area contributed by atoms with Crippen LogP contribution in [0, 0.1) is 0 Å². The minimum absolute atomic E-state index is 0.206. The molecule has 7 nitrogen and oxygen atoms in total. The molecule has 0 spiro atoms. The molecule has 0 aromatic heterocycles. The molecule has 124 valence electrons. The Hall–Kier alpha value is -1.35. The summed E-state index contributed by atoms with van der Waals surface area (Å²) in [5.74, 6) is -0.861. The molecule has 0 fully saturated rings. The van der Waals surface area contributed by atoms with Gasteiger partial charge in [0, 0.05) is 6.42 Å². The van der Waals surface area contributed by atoms with E-state index in [1.165, 1.54) is 0 Å². The second-order valence-electron chi connectivity index (χ2n) is 5.19. The van der Waals surface area contributed by atoms with Crippen LogP contribution < -0.4 is 0 Å². The van der Waals surface area contributed by atoms with Crippen molar-refractivity contribution in [2.75, 3.05) is 6.61 Å². The highest BCUT2D eigenvalue weighted by Gasteiger charge is 2.34. The van der Waals surface area contributed by atoms with Crippen molar-refractivity contribution in [3.05, 3.63) is 35.9 Å². The molecule has 0 radical (unpaired) electrons. The molecule has 0 aliphatic rings. The fraction of sp³-hybridized carbons (Fsp3) is 0.533. The first-order chi connectivity index (χ1) is 10.4. The topological polar surface area (TPSA) is 138 Å². The molecule has 0 amide bonds. The molecular weight excluding hydrogens is 292 g/mol. The molecule has 0 aliphatic carbocycles. The zero-order valence-electron chi connectivity index (χ0n) is 12.0. The third-order valence-electron chi connectivity index (χ3n) is 3.34. The first-order valence-corrected chi connectivity index (χ1v) is 6.94. The molecule has 5 unspecified atom stereocenters. The smallest absolute Gasteiger partial charge is 0.166 e. The molecule has 1 aromatic carbocycles. The SMILES string of the molecule is O=C(CC(O)Cc1ccccc1)C(O)C(O)C(O)C(O)CO. The molecule has 0 saturated carbocycles. The van der Waals surface area contributed by atoms with Crippen LogP contribution in [0.2, 0.25) is 0 Å². The number of benzene rings is 1. The van der Waals surface area contributed by atoms with Crippen molar-refractivity contribution in [3.8, 4) is 0 Å². The van der Waals surface area contributed by atoms with Gasteiger partial charge >= 0.3 is 0 Å². The van der Waals surface area contributed by atoms with Crippen molar-refractivity contribution in [1.29, 1.82) is 0 Å². The highest BCUT2D eigenvalue weighted by Crippen LogP contribution is 2.11. The van der Waals surface area contributed by atoms with Crippen LogP contribution in [0.4, 0.5) is 0 Å². The van der Waals surface area contributed by atoms with Crippen LogP contribution in [0.1, 0.15) is 12.0 Å². The van der Waals surface area contributed by atoms with Crippen LogP contribution in [0.25, 0.3) is 0 Å². The largest absolute Gasteiger partial charge is 0.394 e. The normalized spacial score (nSPS) is 18.3. The number of Topliss-reactive ketones (excluding diaryl/α,β-unsaturated/α-hetero) is 1. The number of aliphatic hydroxyl groups excluding tert-OH is 6. The molecule has 0 saturated heterocycles. The maximum Gasteiger partial charge on any atom is 0.166 e. The van der Waals surface area contributed by atoms with E-state index in [1.807, 2.05) is 6.07 Å². The van der Waals surface area contributed by atoms with Gasteiger partial charge in [-0.15, -0.1) is 0 Å². The summed E-state index contributed by atoms with van der Waals surface area (Å²) in [4.78, 5) is 11.8. The predicted octanol–water partition coefficient (Wildman–Crippen LogP) is -2.01. The Labute approximate surface area is 128 Å². The van der Waals surface area contributed by atoms with E-state index in [0.717, 1.165) is 5.56 Å². The van der Waals surface area contributed by atoms with Crippen LogP contribution in [-0.2, 0) is 11.2 Å². The number of hydrogen-bond donors (Lipinski definition) is 6. The molecule has 0 heterocycles. The monoisotopic (exact) mass is 314 g/mol. The lowest BCUT2D eigenvalue weighted by Gasteiger charge is -2.25. The molecule has 1 rings (SSSR count). The molecule has 1 aromatic rings. The van der Waals surface area contributed by atoms with Gasteiger partial charge in [0.05, 0.1) is 12.7 Å². The maximum absolute atomic E-state index is 11.8. The number of aliphatic hydroxyl groups is 6. The van der Waals surface area contributed by atoms with Crippen molar-refractivity contribution in [3.63, 3.8) is 0 Å². The lowest BCUT2D eigenvalue weighted by atomic mass is 9.96.